The number of rotatable bonds is 6. The average Bonchev–Trinajstić information content (AvgIpc) is 3.38. The van der Waals surface area contributed by atoms with Crippen molar-refractivity contribution in [1.82, 2.24) is 4.90 Å². The van der Waals surface area contributed by atoms with Gasteiger partial charge in [0.1, 0.15) is 18.2 Å². The van der Waals surface area contributed by atoms with Gasteiger partial charge in [-0.25, -0.2) is 4.39 Å². The molecule has 3 aromatic rings. The molecule has 9 heteroatoms. The lowest BCUT2D eigenvalue weighted by atomic mass is 10.1. The molecular formula is C25H17ClFNO5S. The summed E-state index contributed by atoms with van der Waals surface area (Å²) in [4.78, 5) is 27.0. The monoisotopic (exact) mass is 497 g/mol. The molecule has 0 atom stereocenters. The number of amides is 2. The lowest BCUT2D eigenvalue weighted by Crippen LogP contribution is -2.27. The highest BCUT2D eigenvalue weighted by atomic mass is 35.5. The summed E-state index contributed by atoms with van der Waals surface area (Å²) in [5, 5.41) is -0.0334. The van der Waals surface area contributed by atoms with Gasteiger partial charge < -0.3 is 14.2 Å². The lowest BCUT2D eigenvalue weighted by molar-refractivity contribution is -0.123. The maximum Gasteiger partial charge on any atom is 0.293 e. The molecule has 0 aromatic heterocycles. The minimum Gasteiger partial charge on any atom is -0.488 e. The molecule has 0 spiro atoms. The molecule has 172 valence electrons. The first-order valence-corrected chi connectivity index (χ1v) is 11.5. The molecule has 3 aromatic carbocycles. The van der Waals surface area contributed by atoms with Gasteiger partial charge in [0.15, 0.2) is 11.5 Å². The van der Waals surface area contributed by atoms with Gasteiger partial charge in [0.2, 0.25) is 6.79 Å². The smallest absolute Gasteiger partial charge is 0.293 e. The summed E-state index contributed by atoms with van der Waals surface area (Å²) in [7, 11) is 0. The largest absolute Gasteiger partial charge is 0.488 e. The Morgan fingerprint density at radius 3 is 2.59 bits per heavy atom. The summed E-state index contributed by atoms with van der Waals surface area (Å²) in [6, 6.07) is 16.7. The van der Waals surface area contributed by atoms with E-state index in [4.69, 9.17) is 25.8 Å². The van der Waals surface area contributed by atoms with Gasteiger partial charge in [0, 0.05) is 22.2 Å². The van der Waals surface area contributed by atoms with E-state index in [-0.39, 0.29) is 30.7 Å². The van der Waals surface area contributed by atoms with Crippen molar-refractivity contribution in [1.29, 1.82) is 0 Å². The number of hydrogen-bond donors (Lipinski definition) is 0. The Morgan fingerprint density at radius 1 is 1.03 bits per heavy atom. The van der Waals surface area contributed by atoms with Crippen LogP contribution in [0.4, 0.5) is 9.18 Å². The molecule has 2 aliphatic rings. The van der Waals surface area contributed by atoms with Gasteiger partial charge in [-0.1, -0.05) is 48.0 Å². The Labute approximate surface area is 203 Å². The SMILES string of the molecule is O=C1S/C(=C/c2ccccc2OCc2ccccc2F)C(=O)N1Cc1cc2c(cc1Cl)OCO2. The molecule has 1 saturated heterocycles. The zero-order valence-electron chi connectivity index (χ0n) is 17.6. The molecule has 0 unspecified atom stereocenters. The molecule has 5 rings (SSSR count). The third kappa shape index (κ3) is 4.47. The fourth-order valence-electron chi connectivity index (χ4n) is 3.53. The first kappa shape index (κ1) is 22.3. The van der Waals surface area contributed by atoms with Crippen LogP contribution < -0.4 is 14.2 Å². The molecule has 2 heterocycles. The predicted molar refractivity (Wildman–Crippen MR) is 126 cm³/mol. The highest BCUT2D eigenvalue weighted by Gasteiger charge is 2.36. The number of hydrogen-bond acceptors (Lipinski definition) is 6. The van der Waals surface area contributed by atoms with Crippen molar-refractivity contribution in [2.24, 2.45) is 0 Å². The van der Waals surface area contributed by atoms with Crippen LogP contribution >= 0.6 is 23.4 Å². The average molecular weight is 498 g/mol. The van der Waals surface area contributed by atoms with E-state index in [9.17, 15) is 14.0 Å². The number of benzene rings is 3. The number of carbonyl (C=O) groups excluding carboxylic acids is 2. The molecule has 6 nitrogen and oxygen atoms in total. The van der Waals surface area contributed by atoms with Gasteiger partial charge in [0.25, 0.3) is 11.1 Å². The minimum atomic E-state index is -0.437. The van der Waals surface area contributed by atoms with E-state index in [1.807, 2.05) is 0 Å². The van der Waals surface area contributed by atoms with Crippen molar-refractivity contribution in [3.8, 4) is 17.2 Å². The van der Waals surface area contributed by atoms with Crippen LogP contribution in [0, 0.1) is 5.82 Å². The van der Waals surface area contributed by atoms with Gasteiger partial charge >= 0.3 is 0 Å². The maximum absolute atomic E-state index is 13.9. The molecule has 0 radical (unpaired) electrons. The number of para-hydroxylation sites is 1. The van der Waals surface area contributed by atoms with Crippen molar-refractivity contribution < 1.29 is 28.2 Å². The van der Waals surface area contributed by atoms with E-state index < -0.39 is 11.1 Å². The summed E-state index contributed by atoms with van der Waals surface area (Å²) in [6.07, 6.45) is 1.60. The molecule has 0 bridgehead atoms. The Balaban J connectivity index is 1.35. The number of halogens is 2. The quantitative estimate of drug-likeness (QED) is 0.388. The van der Waals surface area contributed by atoms with Crippen LogP contribution in [0.25, 0.3) is 6.08 Å². The van der Waals surface area contributed by atoms with E-state index in [0.29, 0.717) is 39.0 Å². The summed E-state index contributed by atoms with van der Waals surface area (Å²) in [5.41, 5.74) is 1.59. The zero-order chi connectivity index (χ0) is 23.7. The molecule has 0 saturated carbocycles. The number of fused-ring (bicyclic) bond motifs is 1. The van der Waals surface area contributed by atoms with Gasteiger partial charge in [0.05, 0.1) is 11.4 Å². The maximum atomic E-state index is 13.9. The van der Waals surface area contributed by atoms with Crippen LogP contribution in [0.2, 0.25) is 5.02 Å². The Morgan fingerprint density at radius 2 is 1.76 bits per heavy atom. The van der Waals surface area contributed by atoms with Crippen molar-refractivity contribution >= 4 is 40.6 Å². The van der Waals surface area contributed by atoms with Crippen molar-refractivity contribution in [2.75, 3.05) is 6.79 Å². The topological polar surface area (TPSA) is 65.1 Å². The highest BCUT2D eigenvalue weighted by molar-refractivity contribution is 8.18. The predicted octanol–water partition coefficient (Wildman–Crippen LogP) is 6.02. The van der Waals surface area contributed by atoms with Gasteiger partial charge in [-0.15, -0.1) is 0 Å². The molecule has 0 aliphatic carbocycles. The number of carbonyl (C=O) groups is 2. The van der Waals surface area contributed by atoms with Crippen LogP contribution in [0.15, 0.2) is 65.6 Å². The van der Waals surface area contributed by atoms with Crippen LogP contribution in [-0.4, -0.2) is 22.8 Å². The summed E-state index contributed by atoms with van der Waals surface area (Å²) in [5.74, 6) is 0.713. The van der Waals surface area contributed by atoms with Crippen LogP contribution in [-0.2, 0) is 17.9 Å². The number of imide groups is 1. The zero-order valence-corrected chi connectivity index (χ0v) is 19.2. The summed E-state index contributed by atoms with van der Waals surface area (Å²) in [6.45, 7) is 0.127. The standard InChI is InChI=1S/C25H17ClFNO5S/c26-18-11-22-21(32-14-33-22)9-17(18)12-28-24(29)23(34-25(28)30)10-15-5-2-4-8-20(15)31-13-16-6-1-3-7-19(16)27/h1-11H,12-14H2/b23-10+. The van der Waals surface area contributed by atoms with Gasteiger partial charge in [-0.3, -0.25) is 14.5 Å². The first-order valence-electron chi connectivity index (χ1n) is 10.3. The van der Waals surface area contributed by atoms with E-state index >= 15 is 0 Å². The molecule has 2 amide bonds. The summed E-state index contributed by atoms with van der Waals surface area (Å²) < 4.78 is 30.4. The van der Waals surface area contributed by atoms with Crippen LogP contribution in [0.1, 0.15) is 16.7 Å². The molecule has 1 fully saturated rings. The van der Waals surface area contributed by atoms with Crippen LogP contribution in [0.5, 0.6) is 17.2 Å². The van der Waals surface area contributed by atoms with Gasteiger partial charge in [-0.05, 0) is 41.6 Å². The Kier molecular flexibility index (Phi) is 6.17. The fraction of sp³-hybridized carbons (Fsp3) is 0.120. The van der Waals surface area contributed by atoms with Crippen molar-refractivity contribution in [3.05, 3.63) is 93.1 Å². The second-order valence-electron chi connectivity index (χ2n) is 7.48. The van der Waals surface area contributed by atoms with E-state index in [1.54, 1.807) is 60.7 Å². The lowest BCUT2D eigenvalue weighted by Gasteiger charge is -2.14. The fourth-order valence-corrected chi connectivity index (χ4v) is 4.57. The third-order valence-electron chi connectivity index (χ3n) is 5.29. The normalized spacial score (nSPS) is 15.9. The first-order chi connectivity index (χ1) is 16.5. The van der Waals surface area contributed by atoms with E-state index in [2.05, 4.69) is 0 Å². The second kappa shape index (κ2) is 9.40. The number of nitrogens with zero attached hydrogens (tertiary/aromatic N) is 1. The highest BCUT2D eigenvalue weighted by Crippen LogP contribution is 2.39. The molecule has 0 N–H and O–H groups in total. The molecule has 34 heavy (non-hydrogen) atoms. The third-order valence-corrected chi connectivity index (χ3v) is 6.55. The van der Waals surface area contributed by atoms with Gasteiger partial charge in [-0.2, -0.15) is 0 Å². The Bertz CT molecular complexity index is 1330. The second-order valence-corrected chi connectivity index (χ2v) is 8.88. The van der Waals surface area contributed by atoms with E-state index in [0.717, 1.165) is 16.7 Å². The molecule has 2 aliphatic heterocycles. The van der Waals surface area contributed by atoms with Crippen LogP contribution in [0.3, 0.4) is 0 Å². The number of ether oxygens (including phenoxy) is 3. The van der Waals surface area contributed by atoms with Crippen molar-refractivity contribution in [2.45, 2.75) is 13.2 Å². The van der Waals surface area contributed by atoms with E-state index in [1.165, 1.54) is 6.07 Å². The number of thioether (sulfide) groups is 1. The minimum absolute atomic E-state index is 0.00289. The molecular weight excluding hydrogens is 481 g/mol. The van der Waals surface area contributed by atoms with Crippen molar-refractivity contribution in [3.63, 3.8) is 0 Å². The Hall–Kier alpha value is -3.49. The summed E-state index contributed by atoms with van der Waals surface area (Å²) >= 11 is 7.15.